The lowest BCUT2D eigenvalue weighted by Crippen LogP contribution is -2.16. The van der Waals surface area contributed by atoms with Crippen molar-refractivity contribution in [1.29, 1.82) is 0 Å². The molecular weight excluding hydrogens is 376 g/mol. The molecule has 2 N–H and O–H groups in total. The smallest absolute Gasteiger partial charge is 0.225 e. The summed E-state index contributed by atoms with van der Waals surface area (Å²) in [6, 6.07) is 20.4. The molecule has 0 aliphatic rings. The molecule has 0 radical (unpaired) electrons. The van der Waals surface area contributed by atoms with Gasteiger partial charge in [0.2, 0.25) is 5.95 Å². The summed E-state index contributed by atoms with van der Waals surface area (Å²) in [6.45, 7) is 4.26. The fraction of sp³-hybridized carbons (Fsp3) is 0.200. The Labute approximate surface area is 156 Å². The van der Waals surface area contributed by atoms with Gasteiger partial charge in [-0.05, 0) is 31.5 Å². The maximum absolute atomic E-state index is 4.68. The molecule has 2 aromatic carbocycles. The Balaban J connectivity index is 1.97. The van der Waals surface area contributed by atoms with Gasteiger partial charge in [0, 0.05) is 27.8 Å². The lowest BCUT2D eigenvalue weighted by atomic mass is 10.1. The molecule has 3 rings (SSSR count). The number of rotatable bonds is 6. The van der Waals surface area contributed by atoms with Crippen LogP contribution in [0.1, 0.15) is 20.3 Å². The molecule has 1 heterocycles. The summed E-state index contributed by atoms with van der Waals surface area (Å²) in [4.78, 5) is 9.30. The highest BCUT2D eigenvalue weighted by atomic mass is 79.9. The van der Waals surface area contributed by atoms with Crippen molar-refractivity contribution in [2.75, 3.05) is 10.6 Å². The van der Waals surface area contributed by atoms with E-state index in [-0.39, 0.29) is 0 Å². The molecule has 1 atom stereocenters. The predicted octanol–water partition coefficient (Wildman–Crippen LogP) is 5.86. The molecule has 25 heavy (non-hydrogen) atoms. The summed E-state index contributed by atoms with van der Waals surface area (Å²) < 4.78 is 1.02. The zero-order chi connectivity index (χ0) is 17.6. The van der Waals surface area contributed by atoms with Crippen molar-refractivity contribution in [1.82, 2.24) is 9.97 Å². The second-order valence-corrected chi connectivity index (χ2v) is 6.83. The first-order chi connectivity index (χ1) is 12.1. The van der Waals surface area contributed by atoms with E-state index in [2.05, 4.69) is 62.5 Å². The Morgan fingerprint density at radius 1 is 1.00 bits per heavy atom. The normalized spacial score (nSPS) is 11.8. The number of anilines is 3. The minimum atomic E-state index is 0.310. The van der Waals surface area contributed by atoms with Crippen LogP contribution in [0.25, 0.3) is 11.3 Å². The summed E-state index contributed by atoms with van der Waals surface area (Å²) in [5.41, 5.74) is 2.93. The second-order valence-electron chi connectivity index (χ2n) is 5.92. The summed E-state index contributed by atoms with van der Waals surface area (Å²) in [5.74, 6) is 1.39. The predicted molar refractivity (Wildman–Crippen MR) is 108 cm³/mol. The monoisotopic (exact) mass is 396 g/mol. The van der Waals surface area contributed by atoms with Crippen LogP contribution in [-0.2, 0) is 0 Å². The third kappa shape index (κ3) is 4.79. The number of hydrogen-bond donors (Lipinski definition) is 2. The van der Waals surface area contributed by atoms with E-state index in [1.807, 2.05) is 48.5 Å². The van der Waals surface area contributed by atoms with Crippen LogP contribution in [0.5, 0.6) is 0 Å². The molecule has 3 aromatic rings. The van der Waals surface area contributed by atoms with Crippen LogP contribution >= 0.6 is 15.9 Å². The minimum Gasteiger partial charge on any atom is -0.352 e. The lowest BCUT2D eigenvalue weighted by molar-refractivity contribution is 0.753. The molecule has 0 aliphatic carbocycles. The van der Waals surface area contributed by atoms with Gasteiger partial charge in [-0.25, -0.2) is 4.98 Å². The van der Waals surface area contributed by atoms with E-state index in [9.17, 15) is 0 Å². The molecule has 0 bridgehead atoms. The van der Waals surface area contributed by atoms with Crippen LogP contribution in [0.2, 0.25) is 0 Å². The highest BCUT2D eigenvalue weighted by Crippen LogP contribution is 2.25. The molecule has 0 unspecified atom stereocenters. The zero-order valence-corrected chi connectivity index (χ0v) is 15.9. The number of aromatic nitrogens is 2. The Bertz CT molecular complexity index is 836. The average Bonchev–Trinajstić information content (AvgIpc) is 2.62. The van der Waals surface area contributed by atoms with Crippen LogP contribution < -0.4 is 10.6 Å². The van der Waals surface area contributed by atoms with Crippen LogP contribution in [0, 0.1) is 0 Å². The van der Waals surface area contributed by atoms with E-state index >= 15 is 0 Å². The van der Waals surface area contributed by atoms with Gasteiger partial charge in [0.05, 0.1) is 5.69 Å². The van der Waals surface area contributed by atoms with Crippen molar-refractivity contribution < 1.29 is 0 Å². The van der Waals surface area contributed by atoms with Crippen molar-refractivity contribution in [3.63, 3.8) is 0 Å². The summed E-state index contributed by atoms with van der Waals surface area (Å²) >= 11 is 3.50. The van der Waals surface area contributed by atoms with Crippen molar-refractivity contribution >= 4 is 33.4 Å². The number of nitrogens with zero attached hydrogens (tertiary/aromatic N) is 2. The highest BCUT2D eigenvalue weighted by Gasteiger charge is 2.09. The molecule has 0 saturated carbocycles. The van der Waals surface area contributed by atoms with Gasteiger partial charge in [-0.3, -0.25) is 0 Å². The standard InChI is InChI=1S/C20H21BrN4/c1-3-14(2)22-20-24-18(15-8-5-4-6-9-15)13-19(25-20)23-17-11-7-10-16(21)12-17/h4-14H,3H2,1-2H3,(H2,22,23,24,25)/t14-/m0/s1. The van der Waals surface area contributed by atoms with Gasteiger partial charge in [0.25, 0.3) is 0 Å². The molecule has 5 heteroatoms. The second kappa shape index (κ2) is 8.12. The van der Waals surface area contributed by atoms with Gasteiger partial charge in [0.15, 0.2) is 0 Å². The number of benzene rings is 2. The van der Waals surface area contributed by atoms with E-state index in [1.165, 1.54) is 0 Å². The Morgan fingerprint density at radius 3 is 2.52 bits per heavy atom. The fourth-order valence-corrected chi connectivity index (χ4v) is 2.77. The first-order valence-corrected chi connectivity index (χ1v) is 9.17. The SMILES string of the molecule is CC[C@H](C)Nc1nc(Nc2cccc(Br)c2)cc(-c2ccccc2)n1. The molecule has 0 aliphatic heterocycles. The number of halogens is 1. The molecule has 1 aromatic heterocycles. The molecule has 0 spiro atoms. The molecular formula is C20H21BrN4. The van der Waals surface area contributed by atoms with Gasteiger partial charge in [-0.15, -0.1) is 0 Å². The van der Waals surface area contributed by atoms with Crippen LogP contribution in [0.4, 0.5) is 17.5 Å². The van der Waals surface area contributed by atoms with Gasteiger partial charge in [-0.2, -0.15) is 4.98 Å². The summed E-state index contributed by atoms with van der Waals surface area (Å²) in [7, 11) is 0. The molecule has 128 valence electrons. The van der Waals surface area contributed by atoms with Gasteiger partial charge in [-0.1, -0.05) is 59.3 Å². The van der Waals surface area contributed by atoms with E-state index < -0.39 is 0 Å². The van der Waals surface area contributed by atoms with E-state index in [0.29, 0.717) is 12.0 Å². The van der Waals surface area contributed by atoms with Crippen LogP contribution in [0.3, 0.4) is 0 Å². The van der Waals surface area contributed by atoms with Gasteiger partial charge in [0.1, 0.15) is 5.82 Å². The lowest BCUT2D eigenvalue weighted by Gasteiger charge is -2.14. The van der Waals surface area contributed by atoms with Crippen LogP contribution in [0.15, 0.2) is 65.1 Å². The highest BCUT2D eigenvalue weighted by molar-refractivity contribution is 9.10. The van der Waals surface area contributed by atoms with E-state index in [4.69, 9.17) is 0 Å². The largest absolute Gasteiger partial charge is 0.352 e. The van der Waals surface area contributed by atoms with Crippen molar-refractivity contribution in [3.05, 3.63) is 65.1 Å². The molecule has 0 saturated heterocycles. The summed E-state index contributed by atoms with van der Waals surface area (Å²) in [6.07, 6.45) is 1.01. The van der Waals surface area contributed by atoms with Crippen molar-refractivity contribution in [3.8, 4) is 11.3 Å². The topological polar surface area (TPSA) is 49.8 Å². The molecule has 4 nitrogen and oxygen atoms in total. The quantitative estimate of drug-likeness (QED) is 0.547. The third-order valence-electron chi connectivity index (χ3n) is 3.88. The molecule has 0 fully saturated rings. The average molecular weight is 397 g/mol. The third-order valence-corrected chi connectivity index (χ3v) is 4.37. The minimum absolute atomic E-state index is 0.310. The van der Waals surface area contributed by atoms with Gasteiger partial charge < -0.3 is 10.6 Å². The van der Waals surface area contributed by atoms with Crippen LogP contribution in [-0.4, -0.2) is 16.0 Å². The van der Waals surface area contributed by atoms with Crippen molar-refractivity contribution in [2.24, 2.45) is 0 Å². The maximum Gasteiger partial charge on any atom is 0.225 e. The first kappa shape index (κ1) is 17.4. The zero-order valence-electron chi connectivity index (χ0n) is 14.3. The molecule has 0 amide bonds. The summed E-state index contributed by atoms with van der Waals surface area (Å²) in [5, 5.41) is 6.73. The number of hydrogen-bond acceptors (Lipinski definition) is 4. The van der Waals surface area contributed by atoms with Gasteiger partial charge >= 0.3 is 0 Å². The van der Waals surface area contributed by atoms with E-state index in [0.717, 1.165) is 33.7 Å². The fourth-order valence-electron chi connectivity index (χ4n) is 2.37. The maximum atomic E-state index is 4.68. The Hall–Kier alpha value is -2.40. The number of nitrogens with one attached hydrogen (secondary N) is 2. The Kier molecular flexibility index (Phi) is 5.66. The first-order valence-electron chi connectivity index (χ1n) is 8.37. The van der Waals surface area contributed by atoms with E-state index in [1.54, 1.807) is 0 Å². The Morgan fingerprint density at radius 2 is 1.80 bits per heavy atom. The van der Waals surface area contributed by atoms with Crippen molar-refractivity contribution in [2.45, 2.75) is 26.3 Å².